The number of fused-ring (bicyclic) bond motifs is 1. The van der Waals surface area contributed by atoms with E-state index in [-0.39, 0.29) is 0 Å². The standard InChI is InChI=1S/C19H30N2/c1-3-21-12-6-9-18(14-21)15(2)20-19-11-10-16-7-4-5-8-17(16)13-19/h4-5,7-8,15,18-20H,3,6,9-14H2,1-2H3. The SMILES string of the molecule is CCN1CCCC(C(C)NC2CCc3ccccc3C2)C1. The molecule has 1 heterocycles. The summed E-state index contributed by atoms with van der Waals surface area (Å²) in [7, 11) is 0. The number of piperidine rings is 1. The first kappa shape index (κ1) is 15.1. The summed E-state index contributed by atoms with van der Waals surface area (Å²) in [5, 5.41) is 3.95. The van der Waals surface area contributed by atoms with E-state index in [2.05, 4.69) is 48.3 Å². The first-order chi connectivity index (χ1) is 10.3. The Balaban J connectivity index is 1.55. The summed E-state index contributed by atoms with van der Waals surface area (Å²) in [5.74, 6) is 0.830. The number of rotatable bonds is 4. The van der Waals surface area contributed by atoms with Crippen LogP contribution in [0.4, 0.5) is 0 Å². The lowest BCUT2D eigenvalue weighted by Crippen LogP contribution is -2.48. The van der Waals surface area contributed by atoms with E-state index in [1.807, 2.05) is 0 Å². The third-order valence-electron chi connectivity index (χ3n) is 5.54. The molecular formula is C19H30N2. The maximum Gasteiger partial charge on any atom is 0.0113 e. The fourth-order valence-electron chi connectivity index (χ4n) is 4.13. The summed E-state index contributed by atoms with van der Waals surface area (Å²) in [6.45, 7) is 8.49. The van der Waals surface area contributed by atoms with Crippen LogP contribution >= 0.6 is 0 Å². The maximum absolute atomic E-state index is 3.95. The van der Waals surface area contributed by atoms with Crippen LogP contribution < -0.4 is 5.32 Å². The Hall–Kier alpha value is -0.860. The van der Waals surface area contributed by atoms with Gasteiger partial charge >= 0.3 is 0 Å². The van der Waals surface area contributed by atoms with Crippen LogP contribution in [-0.4, -0.2) is 36.6 Å². The number of aryl methyl sites for hydroxylation is 1. The van der Waals surface area contributed by atoms with Crippen LogP contribution in [0.15, 0.2) is 24.3 Å². The van der Waals surface area contributed by atoms with Gasteiger partial charge < -0.3 is 10.2 Å². The van der Waals surface area contributed by atoms with Crippen molar-refractivity contribution >= 4 is 0 Å². The van der Waals surface area contributed by atoms with Crippen molar-refractivity contribution in [1.29, 1.82) is 0 Å². The largest absolute Gasteiger partial charge is 0.311 e. The average molecular weight is 286 g/mol. The molecule has 3 rings (SSSR count). The lowest BCUT2D eigenvalue weighted by molar-refractivity contribution is 0.151. The summed E-state index contributed by atoms with van der Waals surface area (Å²) >= 11 is 0. The van der Waals surface area contributed by atoms with Gasteiger partial charge in [0.25, 0.3) is 0 Å². The Bertz CT molecular complexity index is 457. The molecule has 116 valence electrons. The number of nitrogens with one attached hydrogen (secondary N) is 1. The minimum absolute atomic E-state index is 0.648. The molecule has 1 aliphatic heterocycles. The van der Waals surface area contributed by atoms with Gasteiger partial charge in [-0.1, -0.05) is 31.2 Å². The molecule has 0 bridgehead atoms. The predicted octanol–water partition coefficient (Wildman–Crippen LogP) is 3.25. The number of nitrogens with zero attached hydrogens (tertiary/aromatic N) is 1. The van der Waals surface area contributed by atoms with Gasteiger partial charge in [-0.05, 0) is 69.2 Å². The van der Waals surface area contributed by atoms with Crippen LogP contribution in [0.5, 0.6) is 0 Å². The molecule has 2 heteroatoms. The Morgan fingerprint density at radius 1 is 1.24 bits per heavy atom. The van der Waals surface area contributed by atoms with E-state index in [9.17, 15) is 0 Å². The Kier molecular flexibility index (Phi) is 4.97. The molecule has 2 aliphatic rings. The molecule has 0 aromatic heterocycles. The van der Waals surface area contributed by atoms with Gasteiger partial charge in [-0.2, -0.15) is 0 Å². The van der Waals surface area contributed by atoms with Crippen molar-refractivity contribution in [2.75, 3.05) is 19.6 Å². The lowest BCUT2D eigenvalue weighted by Gasteiger charge is -2.38. The minimum Gasteiger partial charge on any atom is -0.311 e. The van der Waals surface area contributed by atoms with E-state index in [1.54, 1.807) is 11.1 Å². The molecule has 0 radical (unpaired) electrons. The molecule has 1 fully saturated rings. The van der Waals surface area contributed by atoms with Gasteiger partial charge in [0.1, 0.15) is 0 Å². The van der Waals surface area contributed by atoms with Crippen molar-refractivity contribution in [3.8, 4) is 0 Å². The van der Waals surface area contributed by atoms with Crippen LogP contribution in [-0.2, 0) is 12.8 Å². The number of likely N-dealkylation sites (tertiary alicyclic amines) is 1. The predicted molar refractivity (Wildman–Crippen MR) is 89.7 cm³/mol. The third kappa shape index (κ3) is 3.67. The first-order valence-electron chi connectivity index (χ1n) is 8.81. The molecule has 1 N–H and O–H groups in total. The summed E-state index contributed by atoms with van der Waals surface area (Å²) < 4.78 is 0. The van der Waals surface area contributed by atoms with Crippen LogP contribution in [0.1, 0.15) is 44.2 Å². The van der Waals surface area contributed by atoms with E-state index < -0.39 is 0 Å². The van der Waals surface area contributed by atoms with E-state index in [4.69, 9.17) is 0 Å². The zero-order chi connectivity index (χ0) is 14.7. The molecule has 1 aliphatic carbocycles. The van der Waals surface area contributed by atoms with Crippen LogP contribution in [0.3, 0.4) is 0 Å². The van der Waals surface area contributed by atoms with Crippen LogP contribution in [0.25, 0.3) is 0 Å². The normalized spacial score (nSPS) is 28.1. The van der Waals surface area contributed by atoms with Gasteiger partial charge in [-0.3, -0.25) is 0 Å². The highest BCUT2D eigenvalue weighted by Gasteiger charge is 2.26. The highest BCUT2D eigenvalue weighted by molar-refractivity contribution is 5.30. The molecular weight excluding hydrogens is 256 g/mol. The second-order valence-electron chi connectivity index (χ2n) is 6.96. The van der Waals surface area contributed by atoms with Gasteiger partial charge in [-0.15, -0.1) is 0 Å². The second kappa shape index (κ2) is 6.93. The highest BCUT2D eigenvalue weighted by atomic mass is 15.1. The third-order valence-corrected chi connectivity index (χ3v) is 5.54. The van der Waals surface area contributed by atoms with E-state index in [1.165, 1.54) is 51.7 Å². The summed E-state index contributed by atoms with van der Waals surface area (Å²) in [6, 6.07) is 10.3. The molecule has 3 atom stereocenters. The van der Waals surface area contributed by atoms with E-state index in [0.717, 1.165) is 5.92 Å². The Labute approximate surface area is 129 Å². The van der Waals surface area contributed by atoms with Crippen molar-refractivity contribution in [3.05, 3.63) is 35.4 Å². The molecule has 0 amide bonds. The fourth-order valence-corrected chi connectivity index (χ4v) is 4.13. The number of hydrogen-bond acceptors (Lipinski definition) is 2. The molecule has 0 spiro atoms. The van der Waals surface area contributed by atoms with Gasteiger partial charge in [0.05, 0.1) is 0 Å². The molecule has 2 nitrogen and oxygen atoms in total. The zero-order valence-electron chi connectivity index (χ0n) is 13.6. The molecule has 3 unspecified atom stereocenters. The summed E-state index contributed by atoms with van der Waals surface area (Å²) in [5.41, 5.74) is 3.13. The zero-order valence-corrected chi connectivity index (χ0v) is 13.6. The first-order valence-corrected chi connectivity index (χ1v) is 8.81. The van der Waals surface area contributed by atoms with Gasteiger partial charge in [-0.25, -0.2) is 0 Å². The average Bonchev–Trinajstić information content (AvgIpc) is 2.54. The smallest absolute Gasteiger partial charge is 0.0113 e. The van der Waals surface area contributed by atoms with Gasteiger partial charge in [0, 0.05) is 18.6 Å². The molecule has 1 saturated heterocycles. The lowest BCUT2D eigenvalue weighted by atomic mass is 9.86. The van der Waals surface area contributed by atoms with Crippen molar-refractivity contribution in [2.45, 2.75) is 58.0 Å². The Morgan fingerprint density at radius 2 is 2.05 bits per heavy atom. The van der Waals surface area contributed by atoms with E-state index >= 15 is 0 Å². The Morgan fingerprint density at radius 3 is 2.86 bits per heavy atom. The summed E-state index contributed by atoms with van der Waals surface area (Å²) in [4.78, 5) is 2.61. The van der Waals surface area contributed by atoms with Crippen LogP contribution in [0, 0.1) is 5.92 Å². The minimum atomic E-state index is 0.648. The number of benzene rings is 1. The quantitative estimate of drug-likeness (QED) is 0.914. The maximum atomic E-state index is 3.95. The monoisotopic (exact) mass is 286 g/mol. The molecule has 21 heavy (non-hydrogen) atoms. The van der Waals surface area contributed by atoms with Crippen molar-refractivity contribution in [1.82, 2.24) is 10.2 Å². The fraction of sp³-hybridized carbons (Fsp3) is 0.684. The van der Waals surface area contributed by atoms with Gasteiger partial charge in [0.15, 0.2) is 0 Å². The topological polar surface area (TPSA) is 15.3 Å². The van der Waals surface area contributed by atoms with Crippen LogP contribution in [0.2, 0.25) is 0 Å². The second-order valence-corrected chi connectivity index (χ2v) is 6.96. The van der Waals surface area contributed by atoms with Crippen molar-refractivity contribution < 1.29 is 0 Å². The van der Waals surface area contributed by atoms with Gasteiger partial charge in [0.2, 0.25) is 0 Å². The molecule has 1 aromatic carbocycles. The highest BCUT2D eigenvalue weighted by Crippen LogP contribution is 2.24. The number of hydrogen-bond donors (Lipinski definition) is 1. The van der Waals surface area contributed by atoms with E-state index in [0.29, 0.717) is 12.1 Å². The summed E-state index contributed by atoms with van der Waals surface area (Å²) in [6.07, 6.45) is 6.52. The van der Waals surface area contributed by atoms with Crippen molar-refractivity contribution in [3.63, 3.8) is 0 Å². The molecule has 0 saturated carbocycles. The van der Waals surface area contributed by atoms with Crippen molar-refractivity contribution in [2.24, 2.45) is 5.92 Å². The molecule has 1 aromatic rings.